The summed E-state index contributed by atoms with van der Waals surface area (Å²) in [5.74, 6) is -5.84. The van der Waals surface area contributed by atoms with Gasteiger partial charge in [0.1, 0.15) is 24.3 Å². The second kappa shape index (κ2) is 22.8. The largest absolute Gasteiger partial charge is 0.481 e. The van der Waals surface area contributed by atoms with E-state index in [1.807, 2.05) is 92.1 Å². The summed E-state index contributed by atoms with van der Waals surface area (Å²) in [6, 6.07) is 28.0. The number of carboxylic acids is 2. The molecule has 13 nitrogen and oxygen atoms in total. The zero-order chi connectivity index (χ0) is 47.3. The van der Waals surface area contributed by atoms with Gasteiger partial charge in [-0.25, -0.2) is 13.6 Å². The number of hydrogen-bond acceptors (Lipinski definition) is 7. The molecule has 3 amide bonds. The maximum absolute atomic E-state index is 15.3. The number of rotatable bonds is 22. The molecule has 0 aliphatic carbocycles. The zero-order valence-corrected chi connectivity index (χ0v) is 36.8. The number of hydrogen-bond donors (Lipinski definition) is 5. The van der Waals surface area contributed by atoms with Crippen molar-refractivity contribution in [3.63, 3.8) is 0 Å². The minimum atomic E-state index is -1.49. The lowest BCUT2D eigenvalue weighted by Crippen LogP contribution is -2.52. The third kappa shape index (κ3) is 13.9. The van der Waals surface area contributed by atoms with Gasteiger partial charge in [0.25, 0.3) is 0 Å². The number of aromatic nitrogens is 1. The molecule has 0 bridgehead atoms. The molecule has 15 heteroatoms. The normalized spacial score (nSPS) is 13.3. The van der Waals surface area contributed by atoms with E-state index in [1.165, 1.54) is 9.80 Å². The van der Waals surface area contributed by atoms with Crippen LogP contribution in [0.2, 0.25) is 0 Å². The molecule has 344 valence electrons. The first-order chi connectivity index (χ1) is 30.9. The Morgan fingerprint density at radius 1 is 0.785 bits per heavy atom. The molecule has 4 atom stereocenters. The Kier molecular flexibility index (Phi) is 17.3. The maximum atomic E-state index is 15.3. The fourth-order valence-electron chi connectivity index (χ4n) is 8.05. The monoisotopic (exact) mass is 893 g/mol. The van der Waals surface area contributed by atoms with Crippen LogP contribution in [0.3, 0.4) is 0 Å². The van der Waals surface area contributed by atoms with E-state index in [-0.39, 0.29) is 44.3 Å². The molecule has 4 aromatic carbocycles. The number of carbonyl (C=O) groups excluding carboxylic acids is 3. The second-order valence-corrected chi connectivity index (χ2v) is 17.2. The first-order valence-corrected chi connectivity index (χ1v) is 21.4. The Bertz CT molecular complexity index is 2390. The number of nitrogens with two attached hydrogens (primary N) is 1. The SMILES string of the molecule is CC(C)(C)C(c1cc(-c2cc(F)ccc2F)cn1Cc1ccccc1)N(CCC(N)C(=O)N(Cc1ccccc1)C(CC(=O)NC(CCC(=O)O)C(=O)O)Cc1ccccc1)C(=O)CO. The molecule has 4 unspecified atom stereocenters. The minimum absolute atomic E-state index is 0.00977. The highest BCUT2D eigenvalue weighted by Crippen LogP contribution is 2.41. The highest BCUT2D eigenvalue weighted by atomic mass is 19.1. The summed E-state index contributed by atoms with van der Waals surface area (Å²) in [6.07, 6.45) is 0.565. The minimum Gasteiger partial charge on any atom is -0.481 e. The van der Waals surface area contributed by atoms with Crippen molar-refractivity contribution in [1.82, 2.24) is 19.7 Å². The van der Waals surface area contributed by atoms with Crippen LogP contribution >= 0.6 is 0 Å². The van der Waals surface area contributed by atoms with Crippen LogP contribution in [-0.2, 0) is 43.5 Å². The molecule has 5 aromatic rings. The smallest absolute Gasteiger partial charge is 0.326 e. The Hall–Kier alpha value is -6.71. The number of nitrogens with zero attached hydrogens (tertiary/aromatic N) is 3. The summed E-state index contributed by atoms with van der Waals surface area (Å²) >= 11 is 0. The van der Waals surface area contributed by atoms with Crippen LogP contribution in [-0.4, -0.2) is 90.6 Å². The maximum Gasteiger partial charge on any atom is 0.326 e. The van der Waals surface area contributed by atoms with Crippen molar-refractivity contribution in [3.8, 4) is 11.1 Å². The van der Waals surface area contributed by atoms with Gasteiger partial charge >= 0.3 is 11.9 Å². The van der Waals surface area contributed by atoms with E-state index in [0.29, 0.717) is 23.4 Å². The Morgan fingerprint density at radius 2 is 1.38 bits per heavy atom. The lowest BCUT2D eigenvalue weighted by atomic mass is 9.82. The standard InChI is InChI=1S/C50H57F2N5O8/c1-50(2,3)47(43-26-36(39-27-37(51)19-20-40(39)52)31-55(43)29-34-15-9-5-10-16-34)56(45(60)32-58)24-23-41(53)48(63)57(30-35-17-11-6-12-18-35)38(25-33-13-7-4-8-14-33)28-44(59)54-42(49(64)65)21-22-46(61)62/h4-20,26-27,31,38,41-42,47,58H,21-25,28-30,32,53H2,1-3H3,(H,54,59)(H,61,62)(H,64,65). The van der Waals surface area contributed by atoms with Crippen LogP contribution in [0.25, 0.3) is 11.1 Å². The lowest BCUT2D eigenvalue weighted by molar-refractivity contribution is -0.144. The van der Waals surface area contributed by atoms with Gasteiger partial charge in [-0.15, -0.1) is 0 Å². The molecule has 1 aromatic heterocycles. The number of aliphatic hydroxyl groups is 1. The number of aliphatic hydroxyl groups excluding tert-OH is 1. The molecule has 0 aliphatic heterocycles. The number of aliphatic carboxylic acids is 2. The third-order valence-corrected chi connectivity index (χ3v) is 11.2. The van der Waals surface area contributed by atoms with Gasteiger partial charge in [-0.3, -0.25) is 19.2 Å². The van der Waals surface area contributed by atoms with Gasteiger partial charge in [-0.2, -0.15) is 0 Å². The van der Waals surface area contributed by atoms with E-state index in [4.69, 9.17) is 5.73 Å². The summed E-state index contributed by atoms with van der Waals surface area (Å²) in [7, 11) is 0. The predicted molar refractivity (Wildman–Crippen MR) is 241 cm³/mol. The molecule has 0 aliphatic rings. The molecule has 5 rings (SSSR count). The Labute approximate surface area is 377 Å². The van der Waals surface area contributed by atoms with Crippen LogP contribution in [0.1, 0.15) is 74.9 Å². The van der Waals surface area contributed by atoms with Gasteiger partial charge in [-0.1, -0.05) is 112 Å². The third-order valence-electron chi connectivity index (χ3n) is 11.2. The van der Waals surface area contributed by atoms with Crippen molar-refractivity contribution in [2.24, 2.45) is 11.1 Å². The van der Waals surface area contributed by atoms with Crippen molar-refractivity contribution in [2.45, 2.75) is 90.1 Å². The van der Waals surface area contributed by atoms with Crippen LogP contribution in [0, 0.1) is 17.0 Å². The number of carboxylic acid groups (broad SMARTS) is 2. The van der Waals surface area contributed by atoms with E-state index < -0.39 is 83.9 Å². The van der Waals surface area contributed by atoms with Crippen LogP contribution in [0.4, 0.5) is 8.78 Å². The van der Waals surface area contributed by atoms with Crippen LogP contribution in [0.5, 0.6) is 0 Å². The highest BCUT2D eigenvalue weighted by molar-refractivity contribution is 5.86. The van der Waals surface area contributed by atoms with Gasteiger partial charge in [0.2, 0.25) is 17.7 Å². The van der Waals surface area contributed by atoms with Crippen LogP contribution in [0.15, 0.2) is 121 Å². The average molecular weight is 894 g/mol. The molecular formula is C50H57F2N5O8. The second-order valence-electron chi connectivity index (χ2n) is 17.2. The number of benzene rings is 4. The first-order valence-electron chi connectivity index (χ1n) is 21.4. The molecule has 0 saturated carbocycles. The Morgan fingerprint density at radius 3 is 1.95 bits per heavy atom. The predicted octanol–water partition coefficient (Wildman–Crippen LogP) is 6.57. The molecule has 0 saturated heterocycles. The molecule has 6 N–H and O–H groups in total. The summed E-state index contributed by atoms with van der Waals surface area (Å²) < 4.78 is 31.7. The van der Waals surface area contributed by atoms with E-state index in [1.54, 1.807) is 36.5 Å². The Balaban J connectivity index is 1.51. The lowest BCUT2D eigenvalue weighted by Gasteiger charge is -2.41. The quantitative estimate of drug-likeness (QED) is 0.0511. The summed E-state index contributed by atoms with van der Waals surface area (Å²) in [6.45, 7) is 5.02. The molecule has 0 radical (unpaired) electrons. The molecule has 1 heterocycles. The average Bonchev–Trinajstić information content (AvgIpc) is 3.67. The number of halogens is 2. The number of carbonyl (C=O) groups is 5. The first kappa shape index (κ1) is 49.3. The molecule has 0 fully saturated rings. The summed E-state index contributed by atoms with van der Waals surface area (Å²) in [4.78, 5) is 68.6. The van der Waals surface area contributed by atoms with Crippen molar-refractivity contribution in [2.75, 3.05) is 13.2 Å². The molecular weight excluding hydrogens is 837 g/mol. The van der Waals surface area contributed by atoms with Crippen molar-refractivity contribution in [3.05, 3.63) is 155 Å². The van der Waals surface area contributed by atoms with Crippen molar-refractivity contribution >= 4 is 29.7 Å². The van der Waals surface area contributed by atoms with E-state index >= 15 is 4.39 Å². The molecule has 0 spiro atoms. The summed E-state index contributed by atoms with van der Waals surface area (Å²) in [5, 5.41) is 31.8. The van der Waals surface area contributed by atoms with Gasteiger partial charge in [0.15, 0.2) is 0 Å². The summed E-state index contributed by atoms with van der Waals surface area (Å²) in [5.41, 5.74) is 9.39. The van der Waals surface area contributed by atoms with Gasteiger partial charge < -0.3 is 40.7 Å². The van der Waals surface area contributed by atoms with Crippen LogP contribution < -0.4 is 11.1 Å². The fourth-order valence-corrected chi connectivity index (χ4v) is 8.05. The van der Waals surface area contributed by atoms with Gasteiger partial charge in [0.05, 0.1) is 12.1 Å². The van der Waals surface area contributed by atoms with Crippen molar-refractivity contribution in [1.29, 1.82) is 0 Å². The fraction of sp³-hybridized carbons (Fsp3) is 0.340. The highest BCUT2D eigenvalue weighted by Gasteiger charge is 2.38. The topological polar surface area (TPSA) is 195 Å². The van der Waals surface area contributed by atoms with E-state index in [0.717, 1.165) is 29.3 Å². The van der Waals surface area contributed by atoms with Gasteiger partial charge in [-0.05, 0) is 65.6 Å². The van der Waals surface area contributed by atoms with E-state index in [9.17, 15) is 43.7 Å². The molecule has 65 heavy (non-hydrogen) atoms. The zero-order valence-electron chi connectivity index (χ0n) is 36.8. The van der Waals surface area contributed by atoms with Gasteiger partial charge in [0, 0.05) is 61.5 Å². The van der Waals surface area contributed by atoms with E-state index in [2.05, 4.69) is 5.32 Å². The van der Waals surface area contributed by atoms with Crippen molar-refractivity contribution < 1.29 is 48.1 Å². The number of nitrogens with one attached hydrogen (secondary N) is 1. The number of amides is 3.